The normalized spacial score (nSPS) is 24.5. The molecule has 1 N–H and O–H groups in total. The fourth-order valence-electron chi connectivity index (χ4n) is 4.20. The highest BCUT2D eigenvalue weighted by Gasteiger charge is 2.54. The van der Waals surface area contributed by atoms with Gasteiger partial charge < -0.3 is 5.32 Å². The van der Waals surface area contributed by atoms with Crippen LogP contribution in [0.2, 0.25) is 0 Å². The van der Waals surface area contributed by atoms with E-state index < -0.39 is 0 Å². The van der Waals surface area contributed by atoms with E-state index in [-0.39, 0.29) is 5.91 Å². The number of carbonyl (C=O) groups excluding carboxylic acids is 1. The smallest absolute Gasteiger partial charge is 0.244 e. The van der Waals surface area contributed by atoms with Crippen LogP contribution < -0.4 is 5.32 Å². The molecule has 4 nitrogen and oxygen atoms in total. The number of aromatic nitrogens is 1. The maximum absolute atomic E-state index is 11.9. The molecule has 2 fully saturated rings. The summed E-state index contributed by atoms with van der Waals surface area (Å²) in [5.41, 5.74) is 2.34. The Kier molecular flexibility index (Phi) is 5.12. The Bertz CT molecular complexity index is 747. The Balaban J connectivity index is 1.14. The number of hydrogen-bond donors (Lipinski definition) is 1. The van der Waals surface area contributed by atoms with E-state index >= 15 is 0 Å². The molecule has 1 saturated heterocycles. The average molecular weight is 347 g/mol. The van der Waals surface area contributed by atoms with Crippen LogP contribution in [-0.4, -0.2) is 35.4 Å². The molecule has 1 aromatic carbocycles. The first-order chi connectivity index (χ1) is 12.8. The van der Waals surface area contributed by atoms with Crippen molar-refractivity contribution < 1.29 is 4.79 Å². The lowest BCUT2D eigenvalue weighted by Crippen LogP contribution is -2.26. The maximum atomic E-state index is 11.9. The van der Waals surface area contributed by atoms with Gasteiger partial charge in [0.1, 0.15) is 0 Å². The molecule has 1 aromatic heterocycles. The van der Waals surface area contributed by atoms with E-state index in [2.05, 4.69) is 45.5 Å². The number of likely N-dealkylation sites (tertiary alicyclic amines) is 1. The molecule has 2 atom stereocenters. The van der Waals surface area contributed by atoms with Crippen LogP contribution in [0.4, 0.5) is 0 Å². The summed E-state index contributed by atoms with van der Waals surface area (Å²) < 4.78 is 0. The number of pyridine rings is 1. The second-order valence-electron chi connectivity index (χ2n) is 7.37. The largest absolute Gasteiger partial charge is 0.353 e. The summed E-state index contributed by atoms with van der Waals surface area (Å²) in [7, 11) is 0. The van der Waals surface area contributed by atoms with Crippen LogP contribution in [0.5, 0.6) is 0 Å². The number of fused-ring (bicyclic) bond motifs is 1. The Morgan fingerprint density at radius 2 is 1.96 bits per heavy atom. The summed E-state index contributed by atoms with van der Waals surface area (Å²) in [5.74, 6) is 2.44. The molecule has 2 unspecified atom stereocenters. The van der Waals surface area contributed by atoms with Crippen LogP contribution in [0.1, 0.15) is 17.5 Å². The Morgan fingerprint density at radius 1 is 1.15 bits per heavy atom. The summed E-state index contributed by atoms with van der Waals surface area (Å²) in [5, 5.41) is 3.00. The van der Waals surface area contributed by atoms with Gasteiger partial charge in [-0.05, 0) is 47.4 Å². The molecule has 1 saturated carbocycles. The second-order valence-corrected chi connectivity index (χ2v) is 7.37. The second kappa shape index (κ2) is 7.83. The molecule has 4 heteroatoms. The van der Waals surface area contributed by atoms with Gasteiger partial charge in [-0.15, -0.1) is 0 Å². The first kappa shape index (κ1) is 17.0. The van der Waals surface area contributed by atoms with Gasteiger partial charge in [0.2, 0.25) is 5.91 Å². The van der Waals surface area contributed by atoms with Crippen molar-refractivity contribution in [3.8, 4) is 0 Å². The summed E-state index contributed by atoms with van der Waals surface area (Å²) in [6, 6.07) is 14.5. The third-order valence-electron chi connectivity index (χ3n) is 5.58. The standard InChI is InChI=1S/C22H25N3O/c26-22(9-8-17-7-4-11-23-13-17)24-12-10-19-20-15-25(16-21(19)20)14-18-5-2-1-3-6-18/h1-9,11,13,19-21H,10,12,14-16H2,(H,24,26)/b9-8+. The van der Waals surface area contributed by atoms with Crippen LogP contribution >= 0.6 is 0 Å². The fourth-order valence-corrected chi connectivity index (χ4v) is 4.20. The zero-order chi connectivity index (χ0) is 17.8. The molecule has 26 heavy (non-hydrogen) atoms. The van der Waals surface area contributed by atoms with Crippen molar-refractivity contribution in [1.82, 2.24) is 15.2 Å². The fraction of sp³-hybridized carbons (Fsp3) is 0.364. The highest BCUT2D eigenvalue weighted by atomic mass is 16.1. The Morgan fingerprint density at radius 3 is 2.69 bits per heavy atom. The van der Waals surface area contributed by atoms with Gasteiger partial charge in [-0.25, -0.2) is 0 Å². The predicted octanol–water partition coefficient (Wildman–Crippen LogP) is 2.98. The van der Waals surface area contributed by atoms with E-state index in [0.29, 0.717) is 0 Å². The average Bonchev–Trinajstić information content (AvgIpc) is 3.12. The monoisotopic (exact) mass is 347 g/mol. The molecule has 0 spiro atoms. The lowest BCUT2D eigenvalue weighted by molar-refractivity contribution is -0.116. The molecule has 2 heterocycles. The maximum Gasteiger partial charge on any atom is 0.244 e. The van der Waals surface area contributed by atoms with Crippen LogP contribution in [-0.2, 0) is 11.3 Å². The highest BCUT2D eigenvalue weighted by Crippen LogP contribution is 2.53. The van der Waals surface area contributed by atoms with E-state index in [4.69, 9.17) is 0 Å². The molecule has 1 amide bonds. The van der Waals surface area contributed by atoms with Crippen molar-refractivity contribution in [1.29, 1.82) is 0 Å². The Labute approximate surface area is 154 Å². The molecule has 0 radical (unpaired) electrons. The van der Waals surface area contributed by atoms with Crippen molar-refractivity contribution in [2.24, 2.45) is 17.8 Å². The number of nitrogens with one attached hydrogen (secondary N) is 1. The number of piperidine rings is 1. The van der Waals surface area contributed by atoms with Crippen molar-refractivity contribution >= 4 is 12.0 Å². The van der Waals surface area contributed by atoms with Crippen LogP contribution in [0, 0.1) is 17.8 Å². The number of carbonyl (C=O) groups is 1. The van der Waals surface area contributed by atoms with Crippen LogP contribution in [0.25, 0.3) is 6.08 Å². The molecular weight excluding hydrogens is 322 g/mol. The summed E-state index contributed by atoms with van der Waals surface area (Å²) in [6.45, 7) is 4.25. The van der Waals surface area contributed by atoms with E-state index in [1.807, 2.05) is 12.1 Å². The topological polar surface area (TPSA) is 45.2 Å². The van der Waals surface area contributed by atoms with Gasteiger partial charge in [-0.3, -0.25) is 14.7 Å². The first-order valence-corrected chi connectivity index (χ1v) is 9.42. The van der Waals surface area contributed by atoms with Crippen LogP contribution in [0.3, 0.4) is 0 Å². The molecule has 2 aromatic rings. The van der Waals surface area contributed by atoms with E-state index in [1.165, 1.54) is 18.7 Å². The van der Waals surface area contributed by atoms with Crippen molar-refractivity contribution in [3.63, 3.8) is 0 Å². The van der Waals surface area contributed by atoms with E-state index in [1.54, 1.807) is 24.5 Å². The Hall–Kier alpha value is -2.46. The quantitative estimate of drug-likeness (QED) is 0.783. The first-order valence-electron chi connectivity index (χ1n) is 9.42. The van der Waals surface area contributed by atoms with Gasteiger partial charge in [0.25, 0.3) is 0 Å². The highest BCUT2D eigenvalue weighted by molar-refractivity contribution is 5.91. The molecule has 1 aliphatic carbocycles. The molecule has 2 aliphatic rings. The van der Waals surface area contributed by atoms with Gasteiger partial charge in [0.15, 0.2) is 0 Å². The predicted molar refractivity (Wildman–Crippen MR) is 103 cm³/mol. The summed E-state index contributed by atoms with van der Waals surface area (Å²) in [6.07, 6.45) is 7.96. The van der Waals surface area contributed by atoms with Crippen molar-refractivity contribution in [2.45, 2.75) is 13.0 Å². The lowest BCUT2D eigenvalue weighted by atomic mass is 10.1. The minimum Gasteiger partial charge on any atom is -0.353 e. The zero-order valence-corrected chi connectivity index (χ0v) is 14.9. The molecular formula is C22H25N3O. The summed E-state index contributed by atoms with van der Waals surface area (Å²) in [4.78, 5) is 18.5. The number of benzene rings is 1. The SMILES string of the molecule is O=C(/C=C/c1cccnc1)NCCC1C2CN(Cc3ccccc3)CC12. The van der Waals surface area contributed by atoms with Gasteiger partial charge >= 0.3 is 0 Å². The molecule has 0 bridgehead atoms. The van der Waals surface area contributed by atoms with Crippen molar-refractivity contribution in [2.75, 3.05) is 19.6 Å². The number of amides is 1. The van der Waals surface area contributed by atoms with Crippen LogP contribution in [0.15, 0.2) is 60.9 Å². The van der Waals surface area contributed by atoms with Gasteiger partial charge in [-0.1, -0.05) is 36.4 Å². The van der Waals surface area contributed by atoms with Gasteiger partial charge in [0.05, 0.1) is 0 Å². The minimum absolute atomic E-state index is 0.0228. The number of rotatable bonds is 7. The minimum atomic E-state index is -0.0228. The van der Waals surface area contributed by atoms with Gasteiger partial charge in [-0.2, -0.15) is 0 Å². The number of hydrogen-bond acceptors (Lipinski definition) is 3. The van der Waals surface area contributed by atoms with Crippen molar-refractivity contribution in [3.05, 3.63) is 72.1 Å². The third-order valence-corrected chi connectivity index (χ3v) is 5.58. The molecule has 134 valence electrons. The zero-order valence-electron chi connectivity index (χ0n) is 14.9. The van der Waals surface area contributed by atoms with Gasteiger partial charge in [0, 0.05) is 44.6 Å². The molecule has 1 aliphatic heterocycles. The number of nitrogens with zero attached hydrogens (tertiary/aromatic N) is 2. The molecule has 4 rings (SSSR count). The van der Waals surface area contributed by atoms with E-state index in [9.17, 15) is 4.79 Å². The lowest BCUT2D eigenvalue weighted by Gasteiger charge is -2.19. The third kappa shape index (κ3) is 4.20. The van der Waals surface area contributed by atoms with E-state index in [0.717, 1.165) is 42.8 Å². The summed E-state index contributed by atoms with van der Waals surface area (Å²) >= 11 is 0.